The standard InChI is InChI=1S/C21H27NO3/c1-4-5-6-7-8-21(23)22(24-19-13-9-17(2)10-14-19)25-20-15-11-18(3)12-16-20/h9-16H,4-8H2,1-3H3. The molecule has 0 aliphatic heterocycles. The van der Waals surface area contributed by atoms with E-state index in [1.807, 2.05) is 62.4 Å². The van der Waals surface area contributed by atoms with E-state index in [2.05, 4.69) is 6.92 Å². The highest BCUT2D eigenvalue weighted by molar-refractivity contribution is 5.74. The van der Waals surface area contributed by atoms with E-state index in [4.69, 9.17) is 9.68 Å². The van der Waals surface area contributed by atoms with Crippen LogP contribution < -0.4 is 9.68 Å². The van der Waals surface area contributed by atoms with Crippen LogP contribution in [0.4, 0.5) is 0 Å². The summed E-state index contributed by atoms with van der Waals surface area (Å²) in [6.45, 7) is 6.15. The fourth-order valence-electron chi connectivity index (χ4n) is 2.30. The second kappa shape index (κ2) is 9.72. The zero-order valence-corrected chi connectivity index (χ0v) is 15.3. The van der Waals surface area contributed by atoms with Gasteiger partial charge in [-0.25, -0.2) is 0 Å². The molecule has 2 aromatic rings. The second-order valence-electron chi connectivity index (χ2n) is 6.27. The molecule has 0 aromatic heterocycles. The molecule has 2 aromatic carbocycles. The lowest BCUT2D eigenvalue weighted by atomic mass is 10.1. The first-order valence-corrected chi connectivity index (χ1v) is 8.90. The van der Waals surface area contributed by atoms with Crippen molar-refractivity contribution in [2.45, 2.75) is 52.9 Å². The molecular weight excluding hydrogens is 314 g/mol. The number of amides is 1. The number of aryl methyl sites for hydroxylation is 2. The van der Waals surface area contributed by atoms with Crippen LogP contribution in [0.15, 0.2) is 48.5 Å². The van der Waals surface area contributed by atoms with Gasteiger partial charge in [0.15, 0.2) is 11.5 Å². The van der Waals surface area contributed by atoms with E-state index in [-0.39, 0.29) is 5.91 Å². The number of hydroxylamine groups is 2. The van der Waals surface area contributed by atoms with Gasteiger partial charge in [0.2, 0.25) is 0 Å². The summed E-state index contributed by atoms with van der Waals surface area (Å²) < 4.78 is 0. The lowest BCUT2D eigenvalue weighted by Gasteiger charge is -2.21. The fourth-order valence-corrected chi connectivity index (χ4v) is 2.30. The molecule has 0 atom stereocenters. The normalized spacial score (nSPS) is 10.4. The lowest BCUT2D eigenvalue weighted by molar-refractivity contribution is -0.246. The van der Waals surface area contributed by atoms with Crippen molar-refractivity contribution in [3.63, 3.8) is 0 Å². The maximum Gasteiger partial charge on any atom is 0.296 e. The summed E-state index contributed by atoms with van der Waals surface area (Å²) in [6, 6.07) is 15.0. The number of hydrogen-bond donors (Lipinski definition) is 0. The Morgan fingerprint density at radius 1 is 0.800 bits per heavy atom. The molecule has 134 valence electrons. The van der Waals surface area contributed by atoms with Crippen molar-refractivity contribution in [1.82, 2.24) is 5.23 Å². The van der Waals surface area contributed by atoms with Crippen molar-refractivity contribution in [1.29, 1.82) is 0 Å². The molecule has 0 aliphatic rings. The minimum atomic E-state index is -0.183. The van der Waals surface area contributed by atoms with Crippen molar-refractivity contribution in [3.8, 4) is 11.5 Å². The average molecular weight is 341 g/mol. The summed E-state index contributed by atoms with van der Waals surface area (Å²) in [7, 11) is 0. The van der Waals surface area contributed by atoms with Crippen molar-refractivity contribution in [2.75, 3.05) is 0 Å². The molecule has 0 fully saturated rings. The lowest BCUT2D eigenvalue weighted by Crippen LogP contribution is -2.37. The number of hydrogen-bond acceptors (Lipinski definition) is 3. The van der Waals surface area contributed by atoms with Crippen LogP contribution in [-0.4, -0.2) is 11.1 Å². The van der Waals surface area contributed by atoms with Gasteiger partial charge < -0.3 is 9.68 Å². The molecule has 4 heteroatoms. The van der Waals surface area contributed by atoms with E-state index in [0.717, 1.165) is 42.0 Å². The molecule has 0 saturated heterocycles. The number of unbranched alkanes of at least 4 members (excludes halogenated alkanes) is 3. The first-order chi connectivity index (χ1) is 12.1. The Kier molecular flexibility index (Phi) is 7.33. The monoisotopic (exact) mass is 341 g/mol. The van der Waals surface area contributed by atoms with Crippen molar-refractivity contribution < 1.29 is 14.5 Å². The van der Waals surface area contributed by atoms with Crippen molar-refractivity contribution in [3.05, 3.63) is 59.7 Å². The summed E-state index contributed by atoms with van der Waals surface area (Å²) in [5.41, 5.74) is 2.26. The molecule has 0 bridgehead atoms. The van der Waals surface area contributed by atoms with Gasteiger partial charge in [-0.15, -0.1) is 0 Å². The van der Waals surface area contributed by atoms with Gasteiger partial charge in [0.1, 0.15) is 0 Å². The van der Waals surface area contributed by atoms with E-state index in [0.29, 0.717) is 17.9 Å². The van der Waals surface area contributed by atoms with Crippen LogP contribution >= 0.6 is 0 Å². The van der Waals surface area contributed by atoms with Crippen LogP contribution in [-0.2, 0) is 4.79 Å². The van der Waals surface area contributed by atoms with Crippen LogP contribution in [0, 0.1) is 13.8 Å². The fraction of sp³-hybridized carbons (Fsp3) is 0.381. The highest BCUT2D eigenvalue weighted by Gasteiger charge is 2.18. The second-order valence-corrected chi connectivity index (χ2v) is 6.27. The van der Waals surface area contributed by atoms with E-state index in [9.17, 15) is 4.79 Å². The number of carbonyl (C=O) groups is 1. The molecule has 0 spiro atoms. The van der Waals surface area contributed by atoms with E-state index in [1.165, 1.54) is 0 Å². The summed E-state index contributed by atoms with van der Waals surface area (Å²) in [4.78, 5) is 23.9. The minimum Gasteiger partial charge on any atom is -0.343 e. The summed E-state index contributed by atoms with van der Waals surface area (Å²) in [5, 5.41) is 1.00. The largest absolute Gasteiger partial charge is 0.343 e. The van der Waals surface area contributed by atoms with Crippen LogP contribution in [0.3, 0.4) is 0 Å². The third-order valence-electron chi connectivity index (χ3n) is 3.87. The van der Waals surface area contributed by atoms with Crippen LogP contribution in [0.5, 0.6) is 11.5 Å². The maximum atomic E-state index is 12.5. The van der Waals surface area contributed by atoms with Crippen LogP contribution in [0.25, 0.3) is 0 Å². The van der Waals surface area contributed by atoms with Gasteiger partial charge in [-0.3, -0.25) is 4.79 Å². The van der Waals surface area contributed by atoms with Crippen molar-refractivity contribution in [2.24, 2.45) is 0 Å². The predicted molar refractivity (Wildman–Crippen MR) is 99.2 cm³/mol. The smallest absolute Gasteiger partial charge is 0.296 e. The highest BCUT2D eigenvalue weighted by atomic mass is 17.0. The molecule has 2 rings (SSSR count). The Labute approximate surface area is 150 Å². The van der Waals surface area contributed by atoms with Gasteiger partial charge in [0.05, 0.1) is 0 Å². The summed E-state index contributed by atoms with van der Waals surface area (Å²) in [5.74, 6) is 0.955. The number of carbonyl (C=O) groups excluding carboxylic acids is 1. The van der Waals surface area contributed by atoms with Gasteiger partial charge in [0.25, 0.3) is 5.91 Å². The highest BCUT2D eigenvalue weighted by Crippen LogP contribution is 2.18. The molecule has 0 radical (unpaired) electrons. The van der Waals surface area contributed by atoms with E-state index >= 15 is 0 Å². The SMILES string of the molecule is CCCCCCC(=O)N(Oc1ccc(C)cc1)Oc1ccc(C)cc1. The Morgan fingerprint density at radius 2 is 1.28 bits per heavy atom. The zero-order chi connectivity index (χ0) is 18.1. The van der Waals surface area contributed by atoms with Crippen molar-refractivity contribution >= 4 is 5.91 Å². The molecule has 0 aliphatic carbocycles. The van der Waals surface area contributed by atoms with Crippen LogP contribution in [0.1, 0.15) is 50.2 Å². The number of nitrogens with zero attached hydrogens (tertiary/aromatic N) is 1. The number of rotatable bonds is 9. The summed E-state index contributed by atoms with van der Waals surface area (Å²) >= 11 is 0. The zero-order valence-electron chi connectivity index (χ0n) is 15.3. The molecule has 0 N–H and O–H groups in total. The molecule has 0 heterocycles. The Hall–Kier alpha value is -2.49. The van der Waals surface area contributed by atoms with Gasteiger partial charge in [0, 0.05) is 11.6 Å². The number of benzene rings is 2. The Morgan fingerprint density at radius 3 is 1.72 bits per heavy atom. The first kappa shape index (κ1) is 18.8. The Balaban J connectivity index is 2.05. The van der Waals surface area contributed by atoms with Gasteiger partial charge in [-0.05, 0) is 44.5 Å². The Bertz CT molecular complexity index is 602. The molecular formula is C21H27NO3. The quantitative estimate of drug-likeness (QED) is 0.453. The molecule has 0 saturated carbocycles. The minimum absolute atomic E-state index is 0.183. The maximum absolute atomic E-state index is 12.5. The van der Waals surface area contributed by atoms with E-state index < -0.39 is 0 Å². The average Bonchev–Trinajstić information content (AvgIpc) is 2.61. The van der Waals surface area contributed by atoms with Gasteiger partial charge in [-0.2, -0.15) is 0 Å². The molecule has 1 amide bonds. The van der Waals surface area contributed by atoms with Crippen LogP contribution in [0.2, 0.25) is 0 Å². The third kappa shape index (κ3) is 6.49. The topological polar surface area (TPSA) is 38.8 Å². The molecule has 4 nitrogen and oxygen atoms in total. The third-order valence-corrected chi connectivity index (χ3v) is 3.87. The first-order valence-electron chi connectivity index (χ1n) is 8.90. The molecule has 25 heavy (non-hydrogen) atoms. The summed E-state index contributed by atoms with van der Waals surface area (Å²) in [6.07, 6.45) is 4.53. The predicted octanol–water partition coefficient (Wildman–Crippen LogP) is 5.39. The molecule has 0 unspecified atom stereocenters. The van der Waals surface area contributed by atoms with Gasteiger partial charge in [-0.1, -0.05) is 61.6 Å². The van der Waals surface area contributed by atoms with Gasteiger partial charge >= 0.3 is 0 Å². The van der Waals surface area contributed by atoms with E-state index in [1.54, 1.807) is 0 Å².